The number of primary amides is 1. The lowest BCUT2D eigenvalue weighted by atomic mass is 10.1. The fourth-order valence-corrected chi connectivity index (χ4v) is 3.87. The molecule has 0 spiro atoms. The van der Waals surface area contributed by atoms with E-state index in [1.54, 1.807) is 16.7 Å². The zero-order valence-corrected chi connectivity index (χ0v) is 14.8. The molecule has 2 aromatic rings. The van der Waals surface area contributed by atoms with Crippen LogP contribution in [0.1, 0.15) is 52.0 Å². The summed E-state index contributed by atoms with van der Waals surface area (Å²) in [6.07, 6.45) is 5.22. The standard InChI is InChI=1S/C19H24N2O2S/c1-13-6-7-14(18(8-13)23-16-4-2-3-5-16)10-21-11-17-9-15(12-24-17)19(20)22/h6-9,12,16,21H,2-5,10-11H2,1H3,(H2,20,22). The zero-order valence-electron chi connectivity index (χ0n) is 14.0. The number of carbonyl (C=O) groups excluding carboxylic acids is 1. The maximum atomic E-state index is 11.1. The van der Waals surface area contributed by atoms with E-state index in [-0.39, 0.29) is 5.91 Å². The van der Waals surface area contributed by atoms with Crippen LogP contribution in [-0.4, -0.2) is 12.0 Å². The topological polar surface area (TPSA) is 64.3 Å². The molecule has 1 aromatic heterocycles. The zero-order chi connectivity index (χ0) is 16.9. The van der Waals surface area contributed by atoms with E-state index in [4.69, 9.17) is 10.5 Å². The molecule has 0 atom stereocenters. The molecule has 1 saturated carbocycles. The van der Waals surface area contributed by atoms with Crippen molar-refractivity contribution in [2.24, 2.45) is 5.73 Å². The van der Waals surface area contributed by atoms with Crippen molar-refractivity contribution in [3.05, 3.63) is 51.2 Å². The Kier molecular flexibility index (Phi) is 5.53. The number of rotatable bonds is 7. The Bertz CT molecular complexity index is 705. The number of benzene rings is 1. The molecule has 3 rings (SSSR count). The molecular weight excluding hydrogens is 320 g/mol. The molecule has 0 aliphatic heterocycles. The number of nitrogens with two attached hydrogens (primary N) is 1. The van der Waals surface area contributed by atoms with Crippen molar-refractivity contribution >= 4 is 17.2 Å². The monoisotopic (exact) mass is 344 g/mol. The van der Waals surface area contributed by atoms with Crippen LogP contribution in [-0.2, 0) is 13.1 Å². The molecule has 128 valence electrons. The second-order valence-corrected chi connectivity index (χ2v) is 7.40. The van der Waals surface area contributed by atoms with Crippen molar-refractivity contribution in [1.29, 1.82) is 0 Å². The summed E-state index contributed by atoms with van der Waals surface area (Å²) < 4.78 is 6.23. The molecular formula is C19H24N2O2S. The van der Waals surface area contributed by atoms with Crippen molar-refractivity contribution in [2.75, 3.05) is 0 Å². The van der Waals surface area contributed by atoms with Gasteiger partial charge in [-0.15, -0.1) is 11.3 Å². The third-order valence-electron chi connectivity index (χ3n) is 4.37. The Balaban J connectivity index is 1.60. The summed E-state index contributed by atoms with van der Waals surface area (Å²) in [5.74, 6) is 0.627. The number of hydrogen-bond donors (Lipinski definition) is 2. The summed E-state index contributed by atoms with van der Waals surface area (Å²) in [6.45, 7) is 3.55. The first-order chi connectivity index (χ1) is 11.6. The maximum absolute atomic E-state index is 11.1. The van der Waals surface area contributed by atoms with Crippen molar-refractivity contribution in [3.63, 3.8) is 0 Å². The van der Waals surface area contributed by atoms with E-state index >= 15 is 0 Å². The highest BCUT2D eigenvalue weighted by Crippen LogP contribution is 2.27. The number of hydrogen-bond acceptors (Lipinski definition) is 4. The molecule has 0 bridgehead atoms. The summed E-state index contributed by atoms with van der Waals surface area (Å²) in [6, 6.07) is 8.24. The Morgan fingerprint density at radius 3 is 2.79 bits per heavy atom. The fourth-order valence-electron chi connectivity index (χ4n) is 3.03. The van der Waals surface area contributed by atoms with Gasteiger partial charge in [0, 0.05) is 28.9 Å². The molecule has 1 aliphatic rings. The smallest absolute Gasteiger partial charge is 0.249 e. The first-order valence-electron chi connectivity index (χ1n) is 8.46. The highest BCUT2D eigenvalue weighted by molar-refractivity contribution is 7.10. The van der Waals surface area contributed by atoms with Crippen LogP contribution in [0.25, 0.3) is 0 Å². The number of ether oxygens (including phenoxy) is 1. The quantitative estimate of drug-likeness (QED) is 0.804. The normalized spacial score (nSPS) is 14.9. The predicted molar refractivity (Wildman–Crippen MR) is 97.4 cm³/mol. The van der Waals surface area contributed by atoms with Crippen molar-refractivity contribution in [3.8, 4) is 5.75 Å². The lowest BCUT2D eigenvalue weighted by Gasteiger charge is -2.17. The fraction of sp³-hybridized carbons (Fsp3) is 0.421. The minimum atomic E-state index is -0.372. The van der Waals surface area contributed by atoms with Gasteiger partial charge in [-0.25, -0.2) is 0 Å². The van der Waals surface area contributed by atoms with Crippen molar-refractivity contribution in [2.45, 2.75) is 51.8 Å². The summed E-state index contributed by atoms with van der Waals surface area (Å²) in [5.41, 5.74) is 8.27. The third-order valence-corrected chi connectivity index (χ3v) is 5.31. The molecule has 5 heteroatoms. The minimum absolute atomic E-state index is 0.362. The maximum Gasteiger partial charge on any atom is 0.249 e. The SMILES string of the molecule is Cc1ccc(CNCc2cc(C(N)=O)cs2)c(OC2CCCC2)c1. The summed E-state index contributed by atoms with van der Waals surface area (Å²) in [4.78, 5) is 12.2. The summed E-state index contributed by atoms with van der Waals surface area (Å²) in [5, 5.41) is 5.24. The van der Waals surface area contributed by atoms with Crippen LogP contribution in [0.15, 0.2) is 29.6 Å². The van der Waals surface area contributed by atoms with Crippen molar-refractivity contribution in [1.82, 2.24) is 5.32 Å². The average Bonchev–Trinajstić information content (AvgIpc) is 3.21. The van der Waals surface area contributed by atoms with Gasteiger partial charge < -0.3 is 15.8 Å². The van der Waals surface area contributed by atoms with Crippen LogP contribution in [0.4, 0.5) is 0 Å². The van der Waals surface area contributed by atoms with Crippen LogP contribution in [0.3, 0.4) is 0 Å². The summed E-state index contributed by atoms with van der Waals surface area (Å²) in [7, 11) is 0. The molecule has 0 saturated heterocycles. The minimum Gasteiger partial charge on any atom is -0.490 e. The van der Waals surface area contributed by atoms with Crippen LogP contribution < -0.4 is 15.8 Å². The van der Waals surface area contributed by atoms with Gasteiger partial charge in [-0.05, 0) is 50.3 Å². The lowest BCUT2D eigenvalue weighted by Crippen LogP contribution is -2.16. The first kappa shape index (κ1) is 17.0. The van der Waals surface area contributed by atoms with Crippen LogP contribution in [0.2, 0.25) is 0 Å². The van der Waals surface area contributed by atoms with Gasteiger partial charge in [0.05, 0.1) is 11.7 Å². The molecule has 0 unspecified atom stereocenters. The highest BCUT2D eigenvalue weighted by atomic mass is 32.1. The number of carbonyl (C=O) groups is 1. The predicted octanol–water partition coefficient (Wildman–Crippen LogP) is 3.77. The van der Waals surface area contributed by atoms with E-state index in [1.165, 1.54) is 24.0 Å². The van der Waals surface area contributed by atoms with Gasteiger partial charge in [-0.3, -0.25) is 4.79 Å². The van der Waals surface area contributed by atoms with E-state index in [0.717, 1.165) is 30.0 Å². The van der Waals surface area contributed by atoms with E-state index in [1.807, 2.05) is 6.07 Å². The molecule has 1 aromatic carbocycles. The van der Waals surface area contributed by atoms with Gasteiger partial charge in [-0.2, -0.15) is 0 Å². The number of thiophene rings is 1. The molecule has 1 amide bonds. The van der Waals surface area contributed by atoms with Gasteiger partial charge in [0.2, 0.25) is 5.91 Å². The van der Waals surface area contributed by atoms with Crippen LogP contribution in [0, 0.1) is 6.92 Å². The van der Waals surface area contributed by atoms with E-state index in [0.29, 0.717) is 18.2 Å². The second-order valence-electron chi connectivity index (χ2n) is 6.40. The highest BCUT2D eigenvalue weighted by Gasteiger charge is 2.18. The molecule has 1 fully saturated rings. The Hall–Kier alpha value is -1.85. The molecule has 1 heterocycles. The van der Waals surface area contributed by atoms with E-state index < -0.39 is 0 Å². The van der Waals surface area contributed by atoms with Crippen LogP contribution >= 0.6 is 11.3 Å². The Morgan fingerprint density at radius 1 is 1.29 bits per heavy atom. The third kappa shape index (κ3) is 4.36. The van der Waals surface area contributed by atoms with Crippen molar-refractivity contribution < 1.29 is 9.53 Å². The molecule has 0 radical (unpaired) electrons. The average molecular weight is 344 g/mol. The van der Waals surface area contributed by atoms with E-state index in [9.17, 15) is 4.79 Å². The van der Waals surface area contributed by atoms with Crippen LogP contribution in [0.5, 0.6) is 5.75 Å². The van der Waals surface area contributed by atoms with Gasteiger partial charge in [0.15, 0.2) is 0 Å². The van der Waals surface area contributed by atoms with Gasteiger partial charge >= 0.3 is 0 Å². The molecule has 3 N–H and O–H groups in total. The molecule has 4 nitrogen and oxygen atoms in total. The largest absolute Gasteiger partial charge is 0.490 e. The Labute approximate surface area is 147 Å². The van der Waals surface area contributed by atoms with E-state index in [2.05, 4.69) is 30.4 Å². The molecule has 1 aliphatic carbocycles. The Morgan fingerprint density at radius 2 is 2.08 bits per heavy atom. The molecule has 24 heavy (non-hydrogen) atoms. The second kappa shape index (κ2) is 7.81. The summed E-state index contributed by atoms with van der Waals surface area (Å²) >= 11 is 1.55. The van der Waals surface area contributed by atoms with Gasteiger partial charge in [0.25, 0.3) is 0 Å². The number of amides is 1. The number of nitrogens with one attached hydrogen (secondary N) is 1. The van der Waals surface area contributed by atoms with Gasteiger partial charge in [0.1, 0.15) is 5.75 Å². The lowest BCUT2D eigenvalue weighted by molar-refractivity contribution is 0.100. The first-order valence-corrected chi connectivity index (χ1v) is 9.34. The number of aryl methyl sites for hydroxylation is 1. The van der Waals surface area contributed by atoms with Gasteiger partial charge in [-0.1, -0.05) is 12.1 Å².